The van der Waals surface area contributed by atoms with Gasteiger partial charge in [0.25, 0.3) is 0 Å². The van der Waals surface area contributed by atoms with Gasteiger partial charge in [-0.1, -0.05) is 32.0 Å². The third-order valence-corrected chi connectivity index (χ3v) is 10.3. The van der Waals surface area contributed by atoms with Crippen LogP contribution < -0.4 is 5.32 Å². The van der Waals surface area contributed by atoms with Gasteiger partial charge in [-0.05, 0) is 55.1 Å². The molecule has 43 heavy (non-hydrogen) atoms. The van der Waals surface area contributed by atoms with Crippen LogP contribution in [0.25, 0.3) is 33.3 Å². The maximum Gasteiger partial charge on any atom is 0.219 e. The summed E-state index contributed by atoms with van der Waals surface area (Å²) >= 11 is 0. The monoisotopic (exact) mass is 580 g/mol. The smallest absolute Gasteiger partial charge is 0.219 e. The molecular weight excluding hydrogens is 536 g/mol. The number of hydrogen-bond acceptors (Lipinski definition) is 6. The van der Waals surface area contributed by atoms with Crippen molar-refractivity contribution in [3.63, 3.8) is 0 Å². The van der Waals surface area contributed by atoms with Gasteiger partial charge in [-0.3, -0.25) is 19.1 Å². The summed E-state index contributed by atoms with van der Waals surface area (Å²) in [6, 6.07) is 8.95. The molecule has 1 aromatic carbocycles. The zero-order valence-electron chi connectivity index (χ0n) is 26.0. The summed E-state index contributed by atoms with van der Waals surface area (Å²) < 4.78 is 4.15. The quantitative estimate of drug-likeness (QED) is 0.374. The fraction of sp³-hybridized carbons (Fsp3) is 0.529. The fourth-order valence-electron chi connectivity index (χ4n) is 7.73. The van der Waals surface area contributed by atoms with Crippen LogP contribution in [0.2, 0.25) is 0 Å². The van der Waals surface area contributed by atoms with E-state index in [0.29, 0.717) is 12.6 Å². The van der Waals surface area contributed by atoms with Crippen molar-refractivity contribution in [3.05, 3.63) is 54.1 Å². The Balaban J connectivity index is 1.19. The van der Waals surface area contributed by atoms with E-state index in [4.69, 9.17) is 10.1 Å². The Labute approximate surface area is 254 Å². The Hall–Kier alpha value is -3.56. The first-order chi connectivity index (χ1) is 20.9. The van der Waals surface area contributed by atoms with E-state index in [2.05, 4.69) is 58.1 Å². The van der Waals surface area contributed by atoms with E-state index in [1.54, 1.807) is 11.6 Å². The van der Waals surface area contributed by atoms with Crippen LogP contribution in [-0.2, 0) is 24.8 Å². The standard InChI is InChI=1S/C34H44N8O/c1-22-15-35-16-23(2)30(22)20-40-11-8-27(9-12-40)42-33-10-13-41(24(3)43)21-31(33)34(38-42)28-7-5-6-25-14-32(36-18-29(25)28)26-17-37-39(4)19-26/h5-7,14,17-19,22-23,27,30,35H,8-13,15-16,20-21H2,1-4H3/t22-,23+,30?. The number of rotatable bonds is 5. The highest BCUT2D eigenvalue weighted by Gasteiger charge is 2.34. The molecule has 0 aliphatic carbocycles. The molecule has 7 rings (SSSR count). The Morgan fingerprint density at radius 3 is 2.58 bits per heavy atom. The van der Waals surface area contributed by atoms with Crippen LogP contribution in [0.15, 0.2) is 42.9 Å². The lowest BCUT2D eigenvalue weighted by atomic mass is 9.80. The zero-order valence-corrected chi connectivity index (χ0v) is 26.0. The zero-order chi connectivity index (χ0) is 29.7. The highest BCUT2D eigenvalue weighted by atomic mass is 16.2. The maximum atomic E-state index is 12.5. The number of carbonyl (C=O) groups excluding carboxylic acids is 1. The molecule has 1 unspecified atom stereocenters. The first-order valence-electron chi connectivity index (χ1n) is 16.0. The van der Waals surface area contributed by atoms with Gasteiger partial charge >= 0.3 is 0 Å². The first-order valence-corrected chi connectivity index (χ1v) is 16.0. The molecule has 9 nitrogen and oxygen atoms in total. The second-order valence-electron chi connectivity index (χ2n) is 13.2. The number of aromatic nitrogens is 5. The molecule has 6 heterocycles. The lowest BCUT2D eigenvalue weighted by molar-refractivity contribution is -0.129. The van der Waals surface area contributed by atoms with Gasteiger partial charge in [-0.2, -0.15) is 10.2 Å². The predicted octanol–water partition coefficient (Wildman–Crippen LogP) is 4.53. The molecule has 4 aromatic rings. The Kier molecular flexibility index (Phi) is 7.55. The number of likely N-dealkylation sites (tertiary alicyclic amines) is 1. The number of hydrogen-bond donors (Lipinski definition) is 1. The van der Waals surface area contributed by atoms with Gasteiger partial charge in [0.15, 0.2) is 0 Å². The summed E-state index contributed by atoms with van der Waals surface area (Å²) in [5.74, 6) is 2.34. The highest BCUT2D eigenvalue weighted by molar-refractivity contribution is 5.97. The summed E-state index contributed by atoms with van der Waals surface area (Å²) in [5.41, 5.74) is 6.52. The van der Waals surface area contributed by atoms with Gasteiger partial charge in [0, 0.05) is 93.3 Å². The number of nitrogens with one attached hydrogen (secondary N) is 1. The molecule has 3 aliphatic heterocycles. The Morgan fingerprint density at radius 1 is 1.07 bits per heavy atom. The van der Waals surface area contributed by atoms with Crippen LogP contribution in [0.3, 0.4) is 0 Å². The summed E-state index contributed by atoms with van der Waals surface area (Å²) in [6.07, 6.45) is 8.90. The minimum Gasteiger partial charge on any atom is -0.338 e. The minimum atomic E-state index is 0.125. The largest absolute Gasteiger partial charge is 0.338 e. The average molecular weight is 581 g/mol. The summed E-state index contributed by atoms with van der Waals surface area (Å²) in [6.45, 7) is 13.6. The number of benzene rings is 1. The molecule has 0 spiro atoms. The molecule has 226 valence electrons. The summed E-state index contributed by atoms with van der Waals surface area (Å²) in [5, 5.41) is 15.5. The third kappa shape index (κ3) is 5.38. The van der Waals surface area contributed by atoms with Crippen molar-refractivity contribution in [1.29, 1.82) is 0 Å². The van der Waals surface area contributed by atoms with Crippen LogP contribution in [0.5, 0.6) is 0 Å². The van der Waals surface area contributed by atoms with E-state index in [1.807, 2.05) is 30.5 Å². The molecule has 3 aromatic heterocycles. The van der Waals surface area contributed by atoms with Gasteiger partial charge in [-0.25, -0.2) is 0 Å². The topological polar surface area (TPSA) is 84.1 Å². The third-order valence-electron chi connectivity index (χ3n) is 10.3. The average Bonchev–Trinajstić information content (AvgIpc) is 3.62. The predicted molar refractivity (Wildman–Crippen MR) is 169 cm³/mol. The lowest BCUT2D eigenvalue weighted by Crippen LogP contribution is -2.47. The van der Waals surface area contributed by atoms with Crippen LogP contribution >= 0.6 is 0 Å². The van der Waals surface area contributed by atoms with Gasteiger partial charge in [0.2, 0.25) is 5.91 Å². The van der Waals surface area contributed by atoms with Crippen molar-refractivity contribution in [2.75, 3.05) is 39.3 Å². The molecule has 1 N–H and O–H groups in total. The SMILES string of the molecule is CC(=O)N1CCc2c(c(-c3cccc4cc(-c5cnn(C)c5)ncc34)nn2C2CCN(CC3[C@H](C)CNC[C@@H]3C)CC2)C1. The Morgan fingerprint density at radius 2 is 1.86 bits per heavy atom. The molecule has 9 heteroatoms. The van der Waals surface area contributed by atoms with E-state index in [0.717, 1.165) is 103 Å². The number of piperidine rings is 2. The van der Waals surface area contributed by atoms with E-state index in [9.17, 15) is 4.79 Å². The van der Waals surface area contributed by atoms with Crippen molar-refractivity contribution >= 4 is 16.7 Å². The Bertz CT molecular complexity index is 1620. The molecule has 2 saturated heterocycles. The van der Waals surface area contributed by atoms with Crippen molar-refractivity contribution in [3.8, 4) is 22.5 Å². The molecule has 1 amide bonds. The van der Waals surface area contributed by atoms with Crippen molar-refractivity contribution in [2.24, 2.45) is 24.8 Å². The molecule has 0 saturated carbocycles. The molecular formula is C34H44N8O. The normalized spacial score (nSPS) is 23.5. The first kappa shape index (κ1) is 28.2. The molecule has 3 atom stereocenters. The number of fused-ring (bicyclic) bond motifs is 2. The molecule has 2 fully saturated rings. The fourth-order valence-corrected chi connectivity index (χ4v) is 7.73. The molecule has 0 radical (unpaired) electrons. The van der Waals surface area contributed by atoms with E-state index >= 15 is 0 Å². The highest BCUT2D eigenvalue weighted by Crippen LogP contribution is 2.38. The van der Waals surface area contributed by atoms with E-state index in [-0.39, 0.29) is 5.91 Å². The second-order valence-corrected chi connectivity index (χ2v) is 13.2. The number of aryl methyl sites for hydroxylation is 1. The maximum absolute atomic E-state index is 12.5. The number of nitrogens with zero attached hydrogens (tertiary/aromatic N) is 7. The summed E-state index contributed by atoms with van der Waals surface area (Å²) in [4.78, 5) is 22.0. The van der Waals surface area contributed by atoms with E-state index in [1.165, 1.54) is 17.8 Å². The van der Waals surface area contributed by atoms with Gasteiger partial charge < -0.3 is 15.1 Å². The lowest BCUT2D eigenvalue weighted by Gasteiger charge is -2.41. The van der Waals surface area contributed by atoms with Crippen molar-refractivity contribution in [2.45, 2.75) is 52.6 Å². The van der Waals surface area contributed by atoms with Crippen molar-refractivity contribution in [1.82, 2.24) is 39.7 Å². The van der Waals surface area contributed by atoms with Crippen LogP contribution in [0.1, 0.15) is 50.9 Å². The molecule has 3 aliphatic rings. The van der Waals surface area contributed by atoms with Crippen LogP contribution in [0, 0.1) is 17.8 Å². The number of carbonyl (C=O) groups is 1. The van der Waals surface area contributed by atoms with E-state index < -0.39 is 0 Å². The minimum absolute atomic E-state index is 0.125. The van der Waals surface area contributed by atoms with Crippen LogP contribution in [-0.4, -0.2) is 79.5 Å². The van der Waals surface area contributed by atoms with Crippen LogP contribution in [0.4, 0.5) is 0 Å². The van der Waals surface area contributed by atoms with Gasteiger partial charge in [-0.15, -0.1) is 0 Å². The number of amides is 1. The number of pyridine rings is 1. The molecule has 0 bridgehead atoms. The second kappa shape index (κ2) is 11.5. The van der Waals surface area contributed by atoms with Gasteiger partial charge in [0.05, 0.1) is 23.6 Å². The van der Waals surface area contributed by atoms with Crippen molar-refractivity contribution < 1.29 is 4.79 Å². The van der Waals surface area contributed by atoms with Gasteiger partial charge in [0.1, 0.15) is 0 Å². The summed E-state index contributed by atoms with van der Waals surface area (Å²) in [7, 11) is 1.92.